The zero-order chi connectivity index (χ0) is 23.9. The maximum atomic E-state index is 13.3. The first-order chi connectivity index (χ1) is 16.6. The Morgan fingerprint density at radius 2 is 1.56 bits per heavy atom. The molecule has 0 amide bonds. The number of halogens is 1. The molecule has 0 saturated heterocycles. The molecule has 0 atom stereocenters. The van der Waals surface area contributed by atoms with Gasteiger partial charge in [0.15, 0.2) is 11.5 Å². The molecule has 0 aliphatic heterocycles. The fourth-order valence-electron chi connectivity index (χ4n) is 3.88. The third-order valence-corrected chi connectivity index (χ3v) is 5.87. The highest BCUT2D eigenvalue weighted by Gasteiger charge is 2.13. The first-order valence-electron chi connectivity index (χ1n) is 11.2. The fourth-order valence-corrected chi connectivity index (χ4v) is 4.00. The van der Waals surface area contributed by atoms with E-state index in [1.54, 1.807) is 18.8 Å². The minimum Gasteiger partial charge on any atom is -0.493 e. The molecule has 0 aliphatic carbocycles. The molecule has 176 valence electrons. The van der Waals surface area contributed by atoms with Gasteiger partial charge < -0.3 is 14.2 Å². The van der Waals surface area contributed by atoms with Gasteiger partial charge in [-0.1, -0.05) is 29.8 Å². The predicted molar refractivity (Wildman–Crippen MR) is 135 cm³/mol. The van der Waals surface area contributed by atoms with Crippen LogP contribution in [0.3, 0.4) is 0 Å². The number of ether oxygens (including phenoxy) is 3. The van der Waals surface area contributed by atoms with Crippen molar-refractivity contribution in [3.63, 3.8) is 0 Å². The lowest BCUT2D eigenvalue weighted by atomic mass is 10.1. The maximum Gasteiger partial charge on any atom is 0.261 e. The summed E-state index contributed by atoms with van der Waals surface area (Å²) in [5.74, 6) is 2.53. The molecule has 4 rings (SSSR count). The highest BCUT2D eigenvalue weighted by atomic mass is 35.5. The number of fused-ring (bicyclic) bond motifs is 1. The summed E-state index contributed by atoms with van der Waals surface area (Å²) in [5, 5.41) is 1.26. The van der Waals surface area contributed by atoms with E-state index in [2.05, 4.69) is 0 Å². The normalized spacial score (nSPS) is 10.9. The van der Waals surface area contributed by atoms with Gasteiger partial charge in [-0.2, -0.15) is 0 Å². The molecular weight excluding hydrogens is 452 g/mol. The van der Waals surface area contributed by atoms with E-state index in [4.69, 9.17) is 30.8 Å². The second kappa shape index (κ2) is 11.1. The van der Waals surface area contributed by atoms with E-state index in [9.17, 15) is 4.79 Å². The molecule has 0 saturated carbocycles. The minimum absolute atomic E-state index is 0.0365. The largest absolute Gasteiger partial charge is 0.493 e. The van der Waals surface area contributed by atoms with Gasteiger partial charge in [-0.05, 0) is 67.8 Å². The van der Waals surface area contributed by atoms with Crippen LogP contribution in [0.15, 0.2) is 71.5 Å². The zero-order valence-corrected chi connectivity index (χ0v) is 20.0. The summed E-state index contributed by atoms with van der Waals surface area (Å²) < 4.78 is 18.5. The molecule has 0 fully saturated rings. The summed E-state index contributed by atoms with van der Waals surface area (Å²) in [5.41, 5.74) is 1.51. The van der Waals surface area contributed by atoms with Crippen LogP contribution in [0, 0.1) is 0 Å². The molecule has 4 aromatic rings. The zero-order valence-electron chi connectivity index (χ0n) is 19.3. The van der Waals surface area contributed by atoms with Crippen LogP contribution < -0.4 is 19.8 Å². The van der Waals surface area contributed by atoms with Gasteiger partial charge in [-0.15, -0.1) is 0 Å². The van der Waals surface area contributed by atoms with E-state index >= 15 is 0 Å². The molecule has 0 radical (unpaired) electrons. The van der Waals surface area contributed by atoms with Crippen LogP contribution in [-0.2, 0) is 6.54 Å². The average molecular weight is 479 g/mol. The number of para-hydroxylation sites is 2. The molecule has 1 aromatic heterocycles. The van der Waals surface area contributed by atoms with Gasteiger partial charge in [-0.25, -0.2) is 4.98 Å². The van der Waals surface area contributed by atoms with Crippen LogP contribution in [0.5, 0.6) is 17.2 Å². The van der Waals surface area contributed by atoms with Crippen LogP contribution in [-0.4, -0.2) is 30.4 Å². The number of unbranched alkanes of at least 4 members (excludes halogenated alkanes) is 2. The Hall–Kier alpha value is -3.51. The molecule has 3 aromatic carbocycles. The highest BCUT2D eigenvalue weighted by Crippen LogP contribution is 2.36. The second-order valence-corrected chi connectivity index (χ2v) is 8.25. The number of benzene rings is 3. The smallest absolute Gasteiger partial charge is 0.261 e. The van der Waals surface area contributed by atoms with Crippen molar-refractivity contribution in [2.75, 3.05) is 20.8 Å². The fraction of sp³-hybridized carbons (Fsp3) is 0.259. The first kappa shape index (κ1) is 23.6. The lowest BCUT2D eigenvalue weighted by Crippen LogP contribution is -2.23. The van der Waals surface area contributed by atoms with E-state index in [1.807, 2.05) is 66.7 Å². The number of aromatic nitrogens is 2. The van der Waals surface area contributed by atoms with Crippen molar-refractivity contribution in [3.05, 3.63) is 82.1 Å². The third-order valence-electron chi connectivity index (χ3n) is 5.62. The lowest BCUT2D eigenvalue weighted by Gasteiger charge is -2.15. The number of methoxy groups -OCH3 is 2. The van der Waals surface area contributed by atoms with Crippen molar-refractivity contribution < 1.29 is 14.2 Å². The summed E-state index contributed by atoms with van der Waals surface area (Å²) in [7, 11) is 3.21. The SMILES string of the molecule is COc1cccc(OC)c1OCCCCCn1c(-c2ccc(Cl)cc2)nc2ccccc2c1=O. The maximum absolute atomic E-state index is 13.3. The molecule has 0 N–H and O–H groups in total. The van der Waals surface area contributed by atoms with Crippen LogP contribution >= 0.6 is 11.6 Å². The van der Waals surface area contributed by atoms with E-state index in [0.29, 0.717) is 52.2 Å². The van der Waals surface area contributed by atoms with Gasteiger partial charge in [-0.3, -0.25) is 9.36 Å². The Labute approximate surface area is 203 Å². The second-order valence-electron chi connectivity index (χ2n) is 7.82. The summed E-state index contributed by atoms with van der Waals surface area (Å²) in [6.45, 7) is 1.08. The average Bonchev–Trinajstić information content (AvgIpc) is 2.87. The number of nitrogens with zero attached hydrogens (tertiary/aromatic N) is 2. The van der Waals surface area contributed by atoms with Crippen molar-refractivity contribution >= 4 is 22.5 Å². The monoisotopic (exact) mass is 478 g/mol. The van der Waals surface area contributed by atoms with E-state index in [0.717, 1.165) is 24.8 Å². The molecule has 34 heavy (non-hydrogen) atoms. The van der Waals surface area contributed by atoms with Crippen LogP contribution in [0.1, 0.15) is 19.3 Å². The molecule has 0 bridgehead atoms. The molecule has 0 unspecified atom stereocenters. The lowest BCUT2D eigenvalue weighted by molar-refractivity contribution is 0.267. The molecule has 0 aliphatic rings. The Morgan fingerprint density at radius 1 is 0.853 bits per heavy atom. The molecular formula is C27H27ClN2O4. The summed E-state index contributed by atoms with van der Waals surface area (Å²) in [4.78, 5) is 18.1. The van der Waals surface area contributed by atoms with Crippen LogP contribution in [0.25, 0.3) is 22.3 Å². The van der Waals surface area contributed by atoms with Crippen LogP contribution in [0.2, 0.25) is 5.02 Å². The summed E-state index contributed by atoms with van der Waals surface area (Å²) in [6, 6.07) is 20.4. The Balaban J connectivity index is 1.46. The van der Waals surface area contributed by atoms with Crippen LogP contribution in [0.4, 0.5) is 0 Å². The van der Waals surface area contributed by atoms with Crippen molar-refractivity contribution in [1.82, 2.24) is 9.55 Å². The Bertz CT molecular complexity index is 1300. The standard InChI is InChI=1S/C27H27ClN2O4/c1-32-23-11-8-12-24(33-2)25(23)34-18-7-3-6-17-30-26(19-13-15-20(28)16-14-19)29-22-10-5-4-9-21(22)27(30)31/h4-5,8-16H,3,6-7,17-18H2,1-2H3. The summed E-state index contributed by atoms with van der Waals surface area (Å²) >= 11 is 6.06. The topological polar surface area (TPSA) is 62.6 Å². The van der Waals surface area contributed by atoms with Gasteiger partial charge >= 0.3 is 0 Å². The van der Waals surface area contributed by atoms with E-state index in [-0.39, 0.29) is 5.56 Å². The quantitative estimate of drug-likeness (QED) is 0.262. The predicted octanol–water partition coefficient (Wildman–Crippen LogP) is 5.98. The number of hydrogen-bond acceptors (Lipinski definition) is 5. The van der Waals surface area contributed by atoms with Gasteiger partial charge in [0.25, 0.3) is 5.56 Å². The number of rotatable bonds is 10. The van der Waals surface area contributed by atoms with E-state index < -0.39 is 0 Å². The van der Waals surface area contributed by atoms with Crippen molar-refractivity contribution in [2.45, 2.75) is 25.8 Å². The van der Waals surface area contributed by atoms with Crippen molar-refractivity contribution in [2.24, 2.45) is 0 Å². The number of hydrogen-bond donors (Lipinski definition) is 0. The minimum atomic E-state index is -0.0365. The molecule has 6 nitrogen and oxygen atoms in total. The first-order valence-corrected chi connectivity index (χ1v) is 11.6. The van der Waals surface area contributed by atoms with Gasteiger partial charge in [0.1, 0.15) is 5.82 Å². The highest BCUT2D eigenvalue weighted by molar-refractivity contribution is 6.30. The Kier molecular flexibility index (Phi) is 7.70. The van der Waals surface area contributed by atoms with E-state index in [1.165, 1.54) is 0 Å². The third kappa shape index (κ3) is 5.18. The Morgan fingerprint density at radius 3 is 2.26 bits per heavy atom. The van der Waals surface area contributed by atoms with Gasteiger partial charge in [0.2, 0.25) is 5.75 Å². The van der Waals surface area contributed by atoms with Gasteiger partial charge in [0.05, 0.1) is 31.7 Å². The molecule has 1 heterocycles. The molecule has 7 heteroatoms. The van der Waals surface area contributed by atoms with Crippen molar-refractivity contribution in [3.8, 4) is 28.6 Å². The molecule has 0 spiro atoms. The summed E-state index contributed by atoms with van der Waals surface area (Å²) in [6.07, 6.45) is 2.52. The van der Waals surface area contributed by atoms with Gasteiger partial charge in [0, 0.05) is 17.1 Å². The van der Waals surface area contributed by atoms with Crippen molar-refractivity contribution in [1.29, 1.82) is 0 Å².